The summed E-state index contributed by atoms with van der Waals surface area (Å²) in [6.07, 6.45) is 1.51. The van der Waals surface area contributed by atoms with Crippen molar-refractivity contribution in [1.29, 1.82) is 0 Å². The number of rotatable bonds is 11. The Kier molecular flexibility index (Phi) is 8.83. The minimum absolute atomic E-state index is 0.348. The quantitative estimate of drug-likeness (QED) is 0.336. The fourth-order valence-electron chi connectivity index (χ4n) is 3.92. The number of halogens is 3. The van der Waals surface area contributed by atoms with Crippen LogP contribution in [0.15, 0.2) is 30.3 Å². The van der Waals surface area contributed by atoms with Gasteiger partial charge >= 0.3 is 171 Å². The predicted octanol–water partition coefficient (Wildman–Crippen LogP) is 6.34. The van der Waals surface area contributed by atoms with Gasteiger partial charge in [-0.1, -0.05) is 0 Å². The van der Waals surface area contributed by atoms with Gasteiger partial charge in [0.15, 0.2) is 0 Å². The van der Waals surface area contributed by atoms with Crippen molar-refractivity contribution in [3.05, 3.63) is 36.0 Å². The zero-order valence-corrected chi connectivity index (χ0v) is 20.1. The number of benzene rings is 1. The molecule has 0 fully saturated rings. The fourth-order valence-corrected chi connectivity index (χ4v) is 19.8. The van der Waals surface area contributed by atoms with E-state index >= 15 is 0 Å². The molecule has 0 radical (unpaired) electrons. The normalized spacial score (nSPS) is 12.5. The average molecular weight is 502 g/mol. The van der Waals surface area contributed by atoms with Crippen molar-refractivity contribution in [3.63, 3.8) is 0 Å². The van der Waals surface area contributed by atoms with Gasteiger partial charge in [-0.05, 0) is 0 Å². The summed E-state index contributed by atoms with van der Waals surface area (Å²) >= 11 is -3.36. The third-order valence-corrected chi connectivity index (χ3v) is 20.5. The van der Waals surface area contributed by atoms with E-state index in [2.05, 4.69) is 31.1 Å². The Hall–Kier alpha value is -1.05. The third kappa shape index (κ3) is 5.51. The predicted molar refractivity (Wildman–Crippen MR) is 111 cm³/mol. The zero-order valence-electron chi connectivity index (χ0n) is 17.2. The molecule has 1 aromatic carbocycles. The maximum atomic E-state index is 14.3. The van der Waals surface area contributed by atoms with Crippen LogP contribution in [-0.2, 0) is 6.18 Å². The Morgan fingerprint density at radius 1 is 0.857 bits per heavy atom. The van der Waals surface area contributed by atoms with E-state index in [1.165, 1.54) is 0 Å². The summed E-state index contributed by atoms with van der Waals surface area (Å²) < 4.78 is 47.0. The Bertz CT molecular complexity index is 692. The second-order valence-electron chi connectivity index (χ2n) is 7.62. The summed E-state index contributed by atoms with van der Waals surface area (Å²) in [5.41, 5.74) is -0.187. The van der Waals surface area contributed by atoms with Crippen molar-refractivity contribution in [3.8, 4) is 5.69 Å². The number of unbranched alkanes of at least 4 members (excludes halogenated alkanes) is 3. The molecular weight excluding hydrogens is 470 g/mol. The molecule has 28 heavy (non-hydrogen) atoms. The van der Waals surface area contributed by atoms with Crippen molar-refractivity contribution in [2.75, 3.05) is 0 Å². The Balaban J connectivity index is 2.65. The monoisotopic (exact) mass is 503 g/mol. The summed E-state index contributed by atoms with van der Waals surface area (Å²) in [6, 6.07) is 8.59. The van der Waals surface area contributed by atoms with Crippen molar-refractivity contribution in [2.45, 2.75) is 78.8 Å². The second-order valence-corrected chi connectivity index (χ2v) is 20.6. The summed E-state index contributed by atoms with van der Waals surface area (Å²) in [5, 5.41) is 8.32. The topological polar surface area (TPSA) is 30.7 Å². The van der Waals surface area contributed by atoms with E-state index in [0.717, 1.165) is 56.5 Å². The molecule has 156 valence electrons. The van der Waals surface area contributed by atoms with Crippen LogP contribution in [0.25, 0.3) is 5.69 Å². The molecule has 0 spiro atoms. The summed E-state index contributed by atoms with van der Waals surface area (Å²) in [7, 11) is 0. The molecule has 2 aromatic rings. The Morgan fingerprint density at radius 2 is 1.36 bits per heavy atom. The number of nitrogens with zero attached hydrogens (tertiary/aromatic N) is 3. The van der Waals surface area contributed by atoms with Crippen molar-refractivity contribution in [2.24, 2.45) is 0 Å². The first-order valence-corrected chi connectivity index (χ1v) is 18.0. The van der Waals surface area contributed by atoms with Crippen LogP contribution < -0.4 is 3.71 Å². The zero-order chi connectivity index (χ0) is 20.6. The van der Waals surface area contributed by atoms with E-state index in [0.29, 0.717) is 9.40 Å². The number of hydrogen-bond acceptors (Lipinski definition) is 2. The molecule has 1 heterocycles. The van der Waals surface area contributed by atoms with Crippen LogP contribution in [-0.4, -0.2) is 33.4 Å². The van der Waals surface area contributed by atoms with Gasteiger partial charge in [0, 0.05) is 0 Å². The molecule has 0 aliphatic carbocycles. The van der Waals surface area contributed by atoms with Gasteiger partial charge in [-0.25, -0.2) is 0 Å². The van der Waals surface area contributed by atoms with Crippen LogP contribution in [0, 0.1) is 0 Å². The van der Waals surface area contributed by atoms with Crippen LogP contribution >= 0.6 is 0 Å². The van der Waals surface area contributed by atoms with E-state index in [1.54, 1.807) is 30.3 Å². The van der Waals surface area contributed by atoms with Crippen LogP contribution in [0.2, 0.25) is 13.3 Å². The Morgan fingerprint density at radius 3 is 1.79 bits per heavy atom. The molecule has 0 saturated heterocycles. The average Bonchev–Trinajstić information content (AvgIpc) is 3.15. The van der Waals surface area contributed by atoms with Crippen LogP contribution in [0.5, 0.6) is 0 Å². The first-order valence-electron chi connectivity index (χ1n) is 10.5. The molecule has 0 atom stereocenters. The molecule has 0 aliphatic heterocycles. The van der Waals surface area contributed by atoms with Gasteiger partial charge in [0.05, 0.1) is 0 Å². The van der Waals surface area contributed by atoms with Crippen LogP contribution in [0.1, 0.15) is 65.0 Å². The van der Waals surface area contributed by atoms with Gasteiger partial charge in [0.1, 0.15) is 0 Å². The molecule has 1 aromatic heterocycles. The molecule has 3 nitrogen and oxygen atoms in total. The van der Waals surface area contributed by atoms with Crippen LogP contribution in [0.4, 0.5) is 13.2 Å². The summed E-state index contributed by atoms with van der Waals surface area (Å²) in [4.78, 5) is 0. The standard InChI is InChI=1S/C9H5F3N3.3C4H9.Sn/c10-9(11,12)8-6-13-14-15(8)7-4-2-1-3-5-7;3*1-3-4-2;/h1-5H;3*1,3-4H2,2H3;. The van der Waals surface area contributed by atoms with E-state index in [-0.39, 0.29) is 0 Å². The molecule has 0 unspecified atom stereocenters. The first kappa shape index (κ1) is 23.2. The molecule has 0 bridgehead atoms. The van der Waals surface area contributed by atoms with E-state index < -0.39 is 30.2 Å². The van der Waals surface area contributed by atoms with E-state index in [4.69, 9.17) is 0 Å². The third-order valence-electron chi connectivity index (χ3n) is 5.47. The van der Waals surface area contributed by atoms with Gasteiger partial charge in [0.2, 0.25) is 0 Å². The van der Waals surface area contributed by atoms with Crippen molar-refractivity contribution >= 4 is 22.1 Å². The molecule has 0 aliphatic rings. The maximum absolute atomic E-state index is 14.3. The number of para-hydroxylation sites is 1. The summed E-state index contributed by atoms with van der Waals surface area (Å²) in [6.45, 7) is 6.34. The molecule has 7 heteroatoms. The number of hydrogen-bond donors (Lipinski definition) is 0. The molecule has 0 N–H and O–H groups in total. The summed E-state index contributed by atoms with van der Waals surface area (Å²) in [5.74, 6) is 0. The van der Waals surface area contributed by atoms with Gasteiger partial charge in [-0.3, -0.25) is 0 Å². The SMILES string of the molecule is CCC[CH2][Sn]([CH2]CCC)([CH2]CCC)[c]1nnn(-c2ccccc2)c1C(F)(F)F. The van der Waals surface area contributed by atoms with E-state index in [9.17, 15) is 13.2 Å². The molecule has 2 rings (SSSR count). The van der Waals surface area contributed by atoms with Crippen molar-refractivity contribution in [1.82, 2.24) is 15.0 Å². The number of aromatic nitrogens is 3. The van der Waals surface area contributed by atoms with Gasteiger partial charge in [-0.2, -0.15) is 0 Å². The second kappa shape index (κ2) is 10.6. The van der Waals surface area contributed by atoms with E-state index in [1.807, 2.05) is 0 Å². The minimum atomic E-state index is -4.46. The molecule has 0 amide bonds. The van der Waals surface area contributed by atoms with Gasteiger partial charge < -0.3 is 0 Å². The first-order chi connectivity index (χ1) is 13.4. The molecule has 0 saturated carbocycles. The fraction of sp³-hybridized carbons (Fsp3) is 0.619. The molecular formula is C21H32F3N3Sn. The Labute approximate surface area is 170 Å². The van der Waals surface area contributed by atoms with Gasteiger partial charge in [0.25, 0.3) is 0 Å². The van der Waals surface area contributed by atoms with Crippen LogP contribution in [0.3, 0.4) is 0 Å². The van der Waals surface area contributed by atoms with Gasteiger partial charge in [-0.15, -0.1) is 0 Å². The number of alkyl halides is 3. The van der Waals surface area contributed by atoms with Crippen molar-refractivity contribution < 1.29 is 13.2 Å².